The summed E-state index contributed by atoms with van der Waals surface area (Å²) in [5.74, 6) is 1.80. The van der Waals surface area contributed by atoms with E-state index in [4.69, 9.17) is 9.84 Å². The van der Waals surface area contributed by atoms with E-state index < -0.39 is 0 Å². The number of aryl methyl sites for hydroxylation is 3. The predicted octanol–water partition coefficient (Wildman–Crippen LogP) is 3.76. The van der Waals surface area contributed by atoms with Crippen molar-refractivity contribution in [3.63, 3.8) is 0 Å². The molecule has 1 aliphatic heterocycles. The minimum Gasteiger partial charge on any atom is -0.497 e. The van der Waals surface area contributed by atoms with E-state index >= 15 is 0 Å². The van der Waals surface area contributed by atoms with Gasteiger partial charge in [0.25, 0.3) is 5.95 Å². The van der Waals surface area contributed by atoms with Crippen LogP contribution < -0.4 is 10.1 Å². The van der Waals surface area contributed by atoms with Gasteiger partial charge in [0.15, 0.2) is 0 Å². The van der Waals surface area contributed by atoms with E-state index in [1.54, 1.807) is 23.6 Å². The Balaban J connectivity index is 1.92. The van der Waals surface area contributed by atoms with Crippen molar-refractivity contribution in [3.8, 4) is 11.7 Å². The molecule has 4 rings (SSSR count). The van der Waals surface area contributed by atoms with Gasteiger partial charge in [-0.1, -0.05) is 12.1 Å². The topological polar surface area (TPSA) is 81.9 Å². The number of hydrogen-bond acceptors (Lipinski definition) is 6. The molecule has 2 unspecified atom stereocenters. The molecule has 0 aliphatic carbocycles. The van der Waals surface area contributed by atoms with Gasteiger partial charge in [0.1, 0.15) is 11.6 Å². The molecular formula is C21H23N5O2S. The van der Waals surface area contributed by atoms with E-state index in [1.807, 2.05) is 52.0 Å². The summed E-state index contributed by atoms with van der Waals surface area (Å²) >= 11 is 1.60. The molecule has 0 spiro atoms. The maximum Gasteiger partial charge on any atom is 0.252 e. The number of anilines is 1. The lowest BCUT2D eigenvalue weighted by Crippen LogP contribution is -2.23. The van der Waals surface area contributed by atoms with E-state index in [-0.39, 0.29) is 16.4 Å². The van der Waals surface area contributed by atoms with E-state index in [1.165, 1.54) is 0 Å². The van der Waals surface area contributed by atoms with Gasteiger partial charge in [-0.3, -0.25) is 4.79 Å². The maximum absolute atomic E-state index is 12.8. The monoisotopic (exact) mass is 409 g/mol. The van der Waals surface area contributed by atoms with Crippen LogP contribution >= 0.6 is 11.8 Å². The van der Waals surface area contributed by atoms with Gasteiger partial charge in [0.2, 0.25) is 5.91 Å². The largest absolute Gasteiger partial charge is 0.497 e. The molecule has 1 aliphatic rings. The lowest BCUT2D eigenvalue weighted by Gasteiger charge is -2.18. The third kappa shape index (κ3) is 3.60. The van der Waals surface area contributed by atoms with Crippen LogP contribution in [0.4, 0.5) is 5.82 Å². The number of benzene rings is 1. The number of nitrogens with zero attached hydrogens (tertiary/aromatic N) is 4. The van der Waals surface area contributed by atoms with Crippen molar-refractivity contribution in [1.29, 1.82) is 0 Å². The minimum absolute atomic E-state index is 0.0628. The Bertz CT molecular complexity index is 1070. The summed E-state index contributed by atoms with van der Waals surface area (Å²) in [5.41, 5.74) is 4.55. The highest BCUT2D eigenvalue weighted by Crippen LogP contribution is 2.46. The quantitative estimate of drug-likeness (QED) is 0.709. The first-order chi connectivity index (χ1) is 13.9. The second kappa shape index (κ2) is 7.51. The zero-order valence-electron chi connectivity index (χ0n) is 17.1. The lowest BCUT2D eigenvalue weighted by atomic mass is 10.0. The average Bonchev–Trinajstić information content (AvgIpc) is 2.93. The van der Waals surface area contributed by atoms with Crippen LogP contribution in [0.15, 0.2) is 30.3 Å². The minimum atomic E-state index is -0.230. The number of hydrogen-bond donors (Lipinski definition) is 1. The highest BCUT2D eigenvalue weighted by Gasteiger charge is 2.34. The maximum atomic E-state index is 12.8. The molecule has 0 bridgehead atoms. The molecule has 7 nitrogen and oxygen atoms in total. The van der Waals surface area contributed by atoms with Gasteiger partial charge in [0, 0.05) is 17.0 Å². The number of aromatic nitrogens is 4. The summed E-state index contributed by atoms with van der Waals surface area (Å²) < 4.78 is 7.06. The normalized spacial score (nSPS) is 18.7. The molecule has 3 heterocycles. The first-order valence-corrected chi connectivity index (χ1v) is 10.3. The number of carbonyl (C=O) groups is 1. The highest BCUT2D eigenvalue weighted by atomic mass is 32.2. The van der Waals surface area contributed by atoms with Crippen LogP contribution in [0.1, 0.15) is 40.4 Å². The number of carbonyl (C=O) groups excluding carboxylic acids is 1. The fraction of sp³-hybridized carbons (Fsp3) is 0.333. The molecule has 0 radical (unpaired) electrons. The fourth-order valence-corrected chi connectivity index (χ4v) is 4.84. The second-order valence-corrected chi connectivity index (χ2v) is 8.59. The summed E-state index contributed by atoms with van der Waals surface area (Å²) in [5, 5.41) is 7.45. The predicted molar refractivity (Wildman–Crippen MR) is 114 cm³/mol. The Hall–Kier alpha value is -2.87. The number of ether oxygens (including phenoxy) is 1. The van der Waals surface area contributed by atoms with E-state index in [0.29, 0.717) is 11.8 Å². The number of thioether (sulfide) groups is 1. The van der Waals surface area contributed by atoms with Crippen molar-refractivity contribution in [1.82, 2.24) is 19.7 Å². The zero-order valence-corrected chi connectivity index (χ0v) is 17.9. The Labute approximate surface area is 173 Å². The number of nitrogens with one attached hydrogen (secondary N) is 1. The van der Waals surface area contributed by atoms with Gasteiger partial charge < -0.3 is 10.1 Å². The molecule has 0 saturated heterocycles. The summed E-state index contributed by atoms with van der Waals surface area (Å²) in [6.07, 6.45) is 0. The molecule has 0 saturated carbocycles. The molecule has 1 aromatic carbocycles. The molecule has 2 atom stereocenters. The van der Waals surface area contributed by atoms with E-state index in [9.17, 15) is 4.79 Å². The molecular weight excluding hydrogens is 386 g/mol. The molecule has 1 amide bonds. The zero-order chi connectivity index (χ0) is 20.7. The molecule has 2 aromatic heterocycles. The number of rotatable bonds is 3. The third-order valence-corrected chi connectivity index (χ3v) is 6.28. The van der Waals surface area contributed by atoms with Gasteiger partial charge in [0.05, 0.1) is 23.3 Å². The van der Waals surface area contributed by atoms with Crippen LogP contribution in [0.5, 0.6) is 5.75 Å². The fourth-order valence-electron chi connectivity index (χ4n) is 3.52. The number of methoxy groups -OCH3 is 1. The molecule has 3 aromatic rings. The van der Waals surface area contributed by atoms with Crippen molar-refractivity contribution < 1.29 is 9.53 Å². The molecule has 29 heavy (non-hydrogen) atoms. The Morgan fingerprint density at radius 3 is 2.55 bits per heavy atom. The van der Waals surface area contributed by atoms with Gasteiger partial charge >= 0.3 is 0 Å². The first-order valence-electron chi connectivity index (χ1n) is 9.40. The van der Waals surface area contributed by atoms with Crippen LogP contribution in [0.3, 0.4) is 0 Å². The van der Waals surface area contributed by atoms with Crippen LogP contribution in [0, 0.1) is 20.8 Å². The standard InChI is InChI=1S/C21H23N5O2S/c1-11-9-12(2)23-21(22-11)26-19-17(13(3)25-26)18(29-14(4)20(27)24-19)15-7-6-8-16(10-15)28-5/h6-10,14,18H,1-5H3,(H,24,27). The van der Waals surface area contributed by atoms with E-state index in [2.05, 4.69) is 21.4 Å². The third-order valence-electron chi connectivity index (χ3n) is 4.88. The van der Waals surface area contributed by atoms with Crippen molar-refractivity contribution in [2.45, 2.75) is 38.2 Å². The first kappa shape index (κ1) is 19.4. The summed E-state index contributed by atoms with van der Waals surface area (Å²) in [4.78, 5) is 21.8. The molecule has 8 heteroatoms. The highest BCUT2D eigenvalue weighted by molar-refractivity contribution is 8.01. The van der Waals surface area contributed by atoms with Crippen LogP contribution in [0.2, 0.25) is 0 Å². The summed E-state index contributed by atoms with van der Waals surface area (Å²) in [6, 6.07) is 9.85. The van der Waals surface area contributed by atoms with Crippen molar-refractivity contribution in [2.24, 2.45) is 0 Å². The SMILES string of the molecule is COc1cccc(C2SC(C)C(=O)Nc3c2c(C)nn3-c2nc(C)cc(C)n2)c1. The lowest BCUT2D eigenvalue weighted by molar-refractivity contribution is -0.115. The van der Waals surface area contributed by atoms with Gasteiger partial charge in [-0.15, -0.1) is 11.8 Å². The van der Waals surface area contributed by atoms with Crippen LogP contribution in [-0.4, -0.2) is 38.0 Å². The Morgan fingerprint density at radius 1 is 1.14 bits per heavy atom. The van der Waals surface area contributed by atoms with Gasteiger partial charge in [-0.2, -0.15) is 9.78 Å². The summed E-state index contributed by atoms with van der Waals surface area (Å²) in [7, 11) is 1.65. The molecule has 150 valence electrons. The second-order valence-electron chi connectivity index (χ2n) is 7.13. The smallest absolute Gasteiger partial charge is 0.252 e. The van der Waals surface area contributed by atoms with Crippen molar-refractivity contribution in [2.75, 3.05) is 12.4 Å². The van der Waals surface area contributed by atoms with Gasteiger partial charge in [-0.05, 0) is 51.5 Å². The Morgan fingerprint density at radius 2 is 1.86 bits per heavy atom. The molecule has 1 N–H and O–H groups in total. The van der Waals surface area contributed by atoms with Crippen LogP contribution in [0.25, 0.3) is 5.95 Å². The van der Waals surface area contributed by atoms with Crippen molar-refractivity contribution >= 4 is 23.5 Å². The van der Waals surface area contributed by atoms with Crippen molar-refractivity contribution in [3.05, 3.63) is 58.5 Å². The Kier molecular flexibility index (Phi) is 5.04. The van der Waals surface area contributed by atoms with Gasteiger partial charge in [-0.25, -0.2) is 9.97 Å². The number of fused-ring (bicyclic) bond motifs is 1. The van der Waals surface area contributed by atoms with E-state index in [0.717, 1.165) is 34.0 Å². The average molecular weight is 410 g/mol. The summed E-state index contributed by atoms with van der Waals surface area (Å²) in [6.45, 7) is 7.71. The number of amides is 1. The molecule has 0 fully saturated rings. The van der Waals surface area contributed by atoms with Crippen LogP contribution in [-0.2, 0) is 4.79 Å².